The molecule has 0 spiro atoms. The zero-order valence-corrected chi connectivity index (χ0v) is 26.3. The Balaban J connectivity index is 1.64. The van der Waals surface area contributed by atoms with Crippen LogP contribution in [0.1, 0.15) is 69.9 Å². The van der Waals surface area contributed by atoms with Gasteiger partial charge in [0.2, 0.25) is 8.32 Å². The molecule has 5 atom stereocenters. The lowest BCUT2D eigenvalue weighted by molar-refractivity contribution is -0.137. The van der Waals surface area contributed by atoms with Crippen molar-refractivity contribution in [2.24, 2.45) is 23.7 Å². The van der Waals surface area contributed by atoms with E-state index in [0.29, 0.717) is 12.0 Å². The molecule has 1 fully saturated rings. The van der Waals surface area contributed by atoms with Gasteiger partial charge in [-0.2, -0.15) is 0 Å². The second-order valence-corrected chi connectivity index (χ2v) is 22.3. The van der Waals surface area contributed by atoms with Crippen molar-refractivity contribution in [2.75, 3.05) is 6.61 Å². The molecular formula is C30H52O4Si2. The molecular weight excluding hydrogens is 480 g/mol. The largest absolute Gasteiger partial charge is 0.517 e. The Morgan fingerprint density at radius 2 is 1.78 bits per heavy atom. The predicted octanol–water partition coefficient (Wildman–Crippen LogP) is 8.01. The maximum atomic E-state index is 12.2. The smallest absolute Gasteiger partial charge is 0.330 e. The van der Waals surface area contributed by atoms with Crippen LogP contribution in [0.4, 0.5) is 0 Å². The number of benzene rings is 1. The molecule has 0 aliphatic heterocycles. The SMILES string of the molecule is CCCCC[C@@H](CC[C@@H]1[C@H]2Cc3cccc(OCC(=O)O[Si](C)(C)C)c3C[C@H]2C[C@H]1C)O[Si](C)(C)C. The fraction of sp³-hybridized carbons (Fsp3) is 0.767. The second-order valence-electron chi connectivity index (χ2n) is 13.4. The highest BCUT2D eigenvalue weighted by atomic mass is 28.4. The van der Waals surface area contributed by atoms with Gasteiger partial charge in [0.15, 0.2) is 14.9 Å². The van der Waals surface area contributed by atoms with E-state index in [9.17, 15) is 4.79 Å². The van der Waals surface area contributed by atoms with E-state index < -0.39 is 16.6 Å². The Morgan fingerprint density at radius 1 is 1.03 bits per heavy atom. The molecule has 4 nitrogen and oxygen atoms in total. The van der Waals surface area contributed by atoms with Crippen molar-refractivity contribution in [3.8, 4) is 5.75 Å². The van der Waals surface area contributed by atoms with Gasteiger partial charge in [0.1, 0.15) is 5.75 Å². The molecule has 0 aromatic heterocycles. The Labute approximate surface area is 223 Å². The van der Waals surface area contributed by atoms with Crippen molar-refractivity contribution < 1.29 is 18.4 Å². The summed E-state index contributed by atoms with van der Waals surface area (Å²) >= 11 is 0. The Hall–Kier alpha value is -1.12. The summed E-state index contributed by atoms with van der Waals surface area (Å²) in [5.41, 5.74) is 2.75. The Bertz CT molecular complexity index is 857. The summed E-state index contributed by atoms with van der Waals surface area (Å²) in [6.07, 6.45) is 11.5. The number of carbonyl (C=O) groups is 1. The molecule has 0 radical (unpaired) electrons. The first-order chi connectivity index (χ1) is 16.9. The normalized spacial score (nSPS) is 24.7. The van der Waals surface area contributed by atoms with E-state index in [0.717, 1.165) is 36.3 Å². The topological polar surface area (TPSA) is 44.8 Å². The maximum absolute atomic E-state index is 12.2. The van der Waals surface area contributed by atoms with Gasteiger partial charge in [0.25, 0.3) is 0 Å². The molecule has 1 aromatic carbocycles. The van der Waals surface area contributed by atoms with Gasteiger partial charge in [0, 0.05) is 6.10 Å². The molecule has 0 bridgehead atoms. The summed E-state index contributed by atoms with van der Waals surface area (Å²) in [5, 5.41) is 0. The summed E-state index contributed by atoms with van der Waals surface area (Å²) in [4.78, 5) is 12.2. The van der Waals surface area contributed by atoms with Crippen molar-refractivity contribution in [1.29, 1.82) is 0 Å². The number of fused-ring (bicyclic) bond motifs is 2. The lowest BCUT2D eigenvalue weighted by Crippen LogP contribution is -2.33. The number of hydrogen-bond donors (Lipinski definition) is 0. The first-order valence-electron chi connectivity index (χ1n) is 14.5. The van der Waals surface area contributed by atoms with Crippen LogP contribution in [0.5, 0.6) is 5.75 Å². The maximum Gasteiger partial charge on any atom is 0.330 e. The minimum Gasteiger partial charge on any atom is -0.517 e. The Morgan fingerprint density at radius 3 is 2.44 bits per heavy atom. The standard InChI is InChI=1S/C30H52O4Si2/c1-9-10-11-14-25(33-35(3,4)5)16-17-26-22(2)18-24-20-28-23(19-27(24)26)13-12-15-29(28)32-21-30(31)34-36(6,7)8/h12-13,15,22,24-27H,9-11,14,16-21H2,1-8H3/t22-,24-,25+,26+,27+/m1/s1. The van der Waals surface area contributed by atoms with Gasteiger partial charge in [-0.05, 0) is 119 Å². The monoisotopic (exact) mass is 532 g/mol. The summed E-state index contributed by atoms with van der Waals surface area (Å²) in [5.74, 6) is 3.64. The summed E-state index contributed by atoms with van der Waals surface area (Å²) in [6.45, 7) is 17.8. The first kappa shape index (κ1) is 29.4. The molecule has 0 saturated heterocycles. The van der Waals surface area contributed by atoms with Crippen molar-refractivity contribution in [3.63, 3.8) is 0 Å². The van der Waals surface area contributed by atoms with Crippen molar-refractivity contribution in [2.45, 2.75) is 117 Å². The molecule has 2 aliphatic rings. The third kappa shape index (κ3) is 8.73. The zero-order chi connectivity index (χ0) is 26.5. The van der Waals surface area contributed by atoms with E-state index in [1.807, 2.05) is 25.7 Å². The average molecular weight is 533 g/mol. The van der Waals surface area contributed by atoms with E-state index in [1.165, 1.54) is 56.1 Å². The molecule has 6 heteroatoms. The van der Waals surface area contributed by atoms with E-state index in [1.54, 1.807) is 0 Å². The fourth-order valence-electron chi connectivity index (χ4n) is 6.61. The second kappa shape index (κ2) is 12.6. The minimum absolute atomic E-state index is 0.00432. The third-order valence-electron chi connectivity index (χ3n) is 7.95. The van der Waals surface area contributed by atoms with Crippen molar-refractivity contribution in [1.82, 2.24) is 0 Å². The number of carbonyl (C=O) groups excluding carboxylic acids is 1. The number of unbranched alkanes of at least 4 members (excludes halogenated alkanes) is 2. The molecule has 1 aromatic rings. The van der Waals surface area contributed by atoms with E-state index in [-0.39, 0.29) is 12.6 Å². The molecule has 3 rings (SSSR count). The van der Waals surface area contributed by atoms with Crippen LogP contribution in [0.15, 0.2) is 18.2 Å². The molecule has 36 heavy (non-hydrogen) atoms. The third-order valence-corrected chi connectivity index (χ3v) is 9.83. The highest BCUT2D eigenvalue weighted by Crippen LogP contribution is 2.51. The van der Waals surface area contributed by atoms with Gasteiger partial charge >= 0.3 is 5.97 Å². The van der Waals surface area contributed by atoms with Crippen LogP contribution >= 0.6 is 0 Å². The van der Waals surface area contributed by atoms with Crippen LogP contribution in [0.3, 0.4) is 0 Å². The number of ether oxygens (including phenoxy) is 1. The zero-order valence-electron chi connectivity index (χ0n) is 24.3. The molecule has 204 valence electrons. The van der Waals surface area contributed by atoms with Crippen LogP contribution in [-0.4, -0.2) is 35.3 Å². The lowest BCUT2D eigenvalue weighted by Gasteiger charge is -2.34. The fourth-order valence-corrected chi connectivity index (χ4v) is 8.58. The van der Waals surface area contributed by atoms with Crippen LogP contribution in [0.25, 0.3) is 0 Å². The van der Waals surface area contributed by atoms with Crippen LogP contribution in [-0.2, 0) is 26.5 Å². The van der Waals surface area contributed by atoms with E-state index in [4.69, 9.17) is 13.6 Å². The average Bonchev–Trinajstić information content (AvgIpc) is 3.06. The summed E-state index contributed by atoms with van der Waals surface area (Å²) < 4.78 is 18.2. The summed E-state index contributed by atoms with van der Waals surface area (Å²) in [6, 6.07) is 6.41. The van der Waals surface area contributed by atoms with E-state index >= 15 is 0 Å². The van der Waals surface area contributed by atoms with Crippen molar-refractivity contribution >= 4 is 22.6 Å². The quantitative estimate of drug-likeness (QED) is 0.191. The summed E-state index contributed by atoms with van der Waals surface area (Å²) in [7, 11) is -3.43. The van der Waals surface area contributed by atoms with Crippen LogP contribution in [0.2, 0.25) is 39.3 Å². The Kier molecular flexibility index (Phi) is 10.3. The lowest BCUT2D eigenvalue weighted by atomic mass is 9.73. The van der Waals surface area contributed by atoms with Gasteiger partial charge in [-0.15, -0.1) is 0 Å². The van der Waals surface area contributed by atoms with Gasteiger partial charge in [-0.3, -0.25) is 0 Å². The number of rotatable bonds is 13. The first-order valence-corrected chi connectivity index (χ1v) is 21.3. The predicted molar refractivity (Wildman–Crippen MR) is 155 cm³/mol. The number of hydrogen-bond acceptors (Lipinski definition) is 4. The highest BCUT2D eigenvalue weighted by molar-refractivity contribution is 6.71. The molecule has 0 heterocycles. The minimum atomic E-state index is -1.90. The van der Waals surface area contributed by atoms with Crippen molar-refractivity contribution in [3.05, 3.63) is 29.3 Å². The van der Waals surface area contributed by atoms with E-state index in [2.05, 4.69) is 45.6 Å². The van der Waals surface area contributed by atoms with Gasteiger partial charge in [-0.1, -0.05) is 45.2 Å². The highest BCUT2D eigenvalue weighted by Gasteiger charge is 2.44. The molecule has 1 saturated carbocycles. The van der Waals surface area contributed by atoms with Gasteiger partial charge in [-0.25, -0.2) is 4.79 Å². The van der Waals surface area contributed by atoms with Gasteiger partial charge < -0.3 is 13.6 Å². The van der Waals surface area contributed by atoms with Crippen LogP contribution < -0.4 is 4.74 Å². The molecule has 2 aliphatic carbocycles. The molecule has 0 unspecified atom stereocenters. The van der Waals surface area contributed by atoms with Gasteiger partial charge in [0.05, 0.1) is 0 Å². The molecule has 0 N–H and O–H groups in total. The molecule has 0 amide bonds. The van der Waals surface area contributed by atoms with Crippen LogP contribution in [0, 0.1) is 23.7 Å².